The lowest BCUT2D eigenvalue weighted by Crippen LogP contribution is -2.36. The van der Waals surface area contributed by atoms with Gasteiger partial charge in [-0.15, -0.1) is 0 Å². The minimum atomic E-state index is -1.46. The van der Waals surface area contributed by atoms with Crippen molar-refractivity contribution in [1.29, 1.82) is 0 Å². The molecule has 0 aliphatic rings. The van der Waals surface area contributed by atoms with Gasteiger partial charge < -0.3 is 20.2 Å². The molecule has 1 aromatic heterocycles. The number of hydrogen-bond acceptors (Lipinski definition) is 4. The molecule has 1 heterocycles. The average Bonchev–Trinajstić information content (AvgIpc) is 2.49. The van der Waals surface area contributed by atoms with Crippen molar-refractivity contribution in [3.63, 3.8) is 0 Å². The molecule has 7 heteroatoms. The van der Waals surface area contributed by atoms with Crippen molar-refractivity contribution in [2.75, 3.05) is 7.11 Å². The molecule has 0 aliphatic carbocycles. The summed E-state index contributed by atoms with van der Waals surface area (Å²) in [6.45, 7) is 1.27. The third-order valence-electron chi connectivity index (χ3n) is 3.27. The molecule has 0 amide bonds. The zero-order chi connectivity index (χ0) is 16.4. The molecule has 7 nitrogen and oxygen atoms in total. The van der Waals surface area contributed by atoms with Crippen LogP contribution >= 0.6 is 0 Å². The van der Waals surface area contributed by atoms with E-state index in [0.717, 1.165) is 6.07 Å². The summed E-state index contributed by atoms with van der Waals surface area (Å²) < 4.78 is 5.43. The molecule has 0 fully saturated rings. The van der Waals surface area contributed by atoms with Crippen molar-refractivity contribution in [2.24, 2.45) is 0 Å². The second-order valence-corrected chi connectivity index (χ2v) is 4.54. The minimum absolute atomic E-state index is 0.0579. The van der Waals surface area contributed by atoms with Gasteiger partial charge in [0.1, 0.15) is 11.3 Å². The number of aromatic nitrogens is 1. The number of carboxylic acids is 2. The number of rotatable bonds is 4. The lowest BCUT2D eigenvalue weighted by molar-refractivity contribution is -0.600. The molecule has 22 heavy (non-hydrogen) atoms. The van der Waals surface area contributed by atoms with E-state index < -0.39 is 23.1 Å². The number of carbonyl (C=O) groups is 2. The highest BCUT2D eigenvalue weighted by Gasteiger charge is 2.27. The van der Waals surface area contributed by atoms with Crippen LogP contribution in [0.1, 0.15) is 26.4 Å². The molecule has 0 saturated heterocycles. The Morgan fingerprint density at radius 3 is 2.18 bits per heavy atom. The first-order chi connectivity index (χ1) is 10.4. The Hall–Kier alpha value is -3.09. The SMILES string of the molecule is COc1ccc(-c2cc(C(=O)O)c(C(=O)O)c(C)[n+]2[O-])cc1. The van der Waals surface area contributed by atoms with Gasteiger partial charge in [0.25, 0.3) is 0 Å². The Bertz CT molecular complexity index is 752. The largest absolute Gasteiger partial charge is 0.618 e. The highest BCUT2D eigenvalue weighted by molar-refractivity contribution is 6.02. The van der Waals surface area contributed by atoms with Crippen LogP contribution < -0.4 is 9.47 Å². The van der Waals surface area contributed by atoms with Gasteiger partial charge in [0, 0.05) is 18.6 Å². The molecule has 0 bridgehead atoms. The molecule has 0 atom stereocenters. The van der Waals surface area contributed by atoms with Crippen LogP contribution in [-0.2, 0) is 0 Å². The average molecular weight is 303 g/mol. The Morgan fingerprint density at radius 2 is 1.73 bits per heavy atom. The Kier molecular flexibility index (Phi) is 3.98. The molecular weight excluding hydrogens is 290 g/mol. The fourth-order valence-corrected chi connectivity index (χ4v) is 2.15. The first-order valence-corrected chi connectivity index (χ1v) is 6.25. The monoisotopic (exact) mass is 303 g/mol. The number of pyridine rings is 1. The van der Waals surface area contributed by atoms with E-state index in [9.17, 15) is 19.9 Å². The van der Waals surface area contributed by atoms with Gasteiger partial charge in [-0.25, -0.2) is 9.59 Å². The molecule has 2 N–H and O–H groups in total. The van der Waals surface area contributed by atoms with Crippen molar-refractivity contribution < 1.29 is 29.3 Å². The van der Waals surface area contributed by atoms with E-state index in [0.29, 0.717) is 16.0 Å². The summed E-state index contributed by atoms with van der Waals surface area (Å²) >= 11 is 0. The van der Waals surface area contributed by atoms with Gasteiger partial charge in [-0.05, 0) is 24.3 Å². The normalized spacial score (nSPS) is 10.3. The second kappa shape index (κ2) is 5.72. The molecule has 114 valence electrons. The van der Waals surface area contributed by atoms with E-state index in [1.165, 1.54) is 14.0 Å². The highest BCUT2D eigenvalue weighted by atomic mass is 16.5. The maximum Gasteiger partial charge on any atom is 0.343 e. The molecule has 0 aliphatic heterocycles. The number of ether oxygens (including phenoxy) is 1. The topological polar surface area (TPSA) is 111 Å². The number of nitrogens with zero attached hydrogens (tertiary/aromatic N) is 1. The van der Waals surface area contributed by atoms with E-state index in [-0.39, 0.29) is 11.4 Å². The fraction of sp³-hybridized carbons (Fsp3) is 0.133. The summed E-state index contributed by atoms with van der Waals surface area (Å²) in [7, 11) is 1.50. The third-order valence-corrected chi connectivity index (χ3v) is 3.27. The van der Waals surface area contributed by atoms with Crippen molar-refractivity contribution in [2.45, 2.75) is 6.92 Å². The Morgan fingerprint density at radius 1 is 1.14 bits per heavy atom. The zero-order valence-electron chi connectivity index (χ0n) is 11.9. The van der Waals surface area contributed by atoms with E-state index >= 15 is 0 Å². The molecule has 0 radical (unpaired) electrons. The van der Waals surface area contributed by atoms with Crippen LogP contribution in [0.25, 0.3) is 11.3 Å². The van der Waals surface area contributed by atoms with E-state index in [1.807, 2.05) is 0 Å². The zero-order valence-corrected chi connectivity index (χ0v) is 11.9. The second-order valence-electron chi connectivity index (χ2n) is 4.54. The van der Waals surface area contributed by atoms with Crippen LogP contribution in [0.2, 0.25) is 0 Å². The van der Waals surface area contributed by atoms with Gasteiger partial charge in [-0.3, -0.25) is 0 Å². The van der Waals surface area contributed by atoms with Crippen LogP contribution in [0.15, 0.2) is 30.3 Å². The van der Waals surface area contributed by atoms with Crippen molar-refractivity contribution in [1.82, 2.24) is 0 Å². The van der Waals surface area contributed by atoms with E-state index in [1.54, 1.807) is 24.3 Å². The lowest BCUT2D eigenvalue weighted by atomic mass is 10.0. The summed E-state index contributed by atoms with van der Waals surface area (Å²) in [5.41, 5.74) is -0.609. The number of hydrogen-bond donors (Lipinski definition) is 2. The molecular formula is C15H13NO6. The van der Waals surface area contributed by atoms with Crippen molar-refractivity contribution in [3.8, 4) is 17.0 Å². The first-order valence-electron chi connectivity index (χ1n) is 6.25. The van der Waals surface area contributed by atoms with E-state index in [4.69, 9.17) is 9.84 Å². The van der Waals surface area contributed by atoms with Crippen molar-refractivity contribution >= 4 is 11.9 Å². The van der Waals surface area contributed by atoms with Crippen molar-refractivity contribution in [3.05, 3.63) is 52.4 Å². The van der Waals surface area contributed by atoms with Gasteiger partial charge in [0.15, 0.2) is 0 Å². The van der Waals surface area contributed by atoms with Crippen LogP contribution in [0.4, 0.5) is 0 Å². The number of benzene rings is 1. The van der Waals surface area contributed by atoms with Gasteiger partial charge in [-0.1, -0.05) is 0 Å². The summed E-state index contributed by atoms with van der Waals surface area (Å²) in [6.07, 6.45) is 0. The summed E-state index contributed by atoms with van der Waals surface area (Å²) in [4.78, 5) is 22.5. The number of carboxylic acid groups (broad SMARTS) is 2. The number of methoxy groups -OCH3 is 1. The molecule has 1 aromatic carbocycles. The summed E-state index contributed by atoms with van der Waals surface area (Å²) in [6, 6.07) is 7.49. The molecule has 0 spiro atoms. The molecule has 0 saturated carbocycles. The standard InChI is InChI=1S/C15H13NO6/c1-8-13(15(19)20)11(14(17)18)7-12(16(8)21)9-3-5-10(22-2)6-4-9/h3-7H,1-2H3,(H,17,18)(H,19,20). The van der Waals surface area contributed by atoms with E-state index in [2.05, 4.69) is 0 Å². The van der Waals surface area contributed by atoms with Gasteiger partial charge in [0.2, 0.25) is 11.4 Å². The highest BCUT2D eigenvalue weighted by Crippen LogP contribution is 2.23. The van der Waals surface area contributed by atoms with Gasteiger partial charge in [0.05, 0.1) is 12.7 Å². The molecule has 2 aromatic rings. The Labute approximate surface area is 125 Å². The first kappa shape index (κ1) is 15.3. The summed E-state index contributed by atoms with van der Waals surface area (Å²) in [5, 5.41) is 30.6. The van der Waals surface area contributed by atoms with Gasteiger partial charge >= 0.3 is 11.9 Å². The maximum absolute atomic E-state index is 12.3. The van der Waals surface area contributed by atoms with Gasteiger partial charge in [-0.2, -0.15) is 4.73 Å². The molecule has 2 rings (SSSR count). The van der Waals surface area contributed by atoms with Crippen LogP contribution in [-0.4, -0.2) is 29.3 Å². The predicted molar refractivity (Wildman–Crippen MR) is 76.0 cm³/mol. The van der Waals surface area contributed by atoms with Crippen LogP contribution in [0, 0.1) is 12.1 Å². The lowest BCUT2D eigenvalue weighted by Gasteiger charge is -2.12. The predicted octanol–water partition coefficient (Wildman–Crippen LogP) is 1.70. The minimum Gasteiger partial charge on any atom is -0.618 e. The van der Waals surface area contributed by atoms with Crippen LogP contribution in [0.3, 0.4) is 0 Å². The number of aromatic carboxylic acids is 2. The molecule has 0 unspecified atom stereocenters. The summed E-state index contributed by atoms with van der Waals surface area (Å²) in [5.74, 6) is -2.28. The smallest absolute Gasteiger partial charge is 0.343 e. The third kappa shape index (κ3) is 2.56. The fourth-order valence-electron chi connectivity index (χ4n) is 2.15. The Balaban J connectivity index is 2.71. The van der Waals surface area contributed by atoms with Crippen LogP contribution in [0.5, 0.6) is 5.75 Å². The quantitative estimate of drug-likeness (QED) is 0.657. The maximum atomic E-state index is 12.3.